The number of piperidine rings is 1. The topological polar surface area (TPSA) is 67.8 Å². The number of nitrogens with one attached hydrogen (secondary N) is 2. The summed E-state index contributed by atoms with van der Waals surface area (Å²) < 4.78 is 2.11. The van der Waals surface area contributed by atoms with E-state index in [0.717, 1.165) is 24.5 Å². The van der Waals surface area contributed by atoms with E-state index < -0.39 is 0 Å². The molecular weight excluding hydrogens is 408 g/mol. The van der Waals surface area contributed by atoms with Gasteiger partial charge in [0.25, 0.3) is 0 Å². The molecule has 1 unspecified atom stereocenters. The average Bonchev–Trinajstić information content (AvgIpc) is 2.82. The van der Waals surface area contributed by atoms with Gasteiger partial charge in [-0.3, -0.25) is 10.0 Å². The van der Waals surface area contributed by atoms with Crippen LogP contribution in [-0.2, 0) is 4.79 Å². The Morgan fingerprint density at radius 2 is 1.61 bits per heavy atom. The van der Waals surface area contributed by atoms with Crippen LogP contribution in [0.4, 0.5) is 5.69 Å². The van der Waals surface area contributed by atoms with Crippen LogP contribution >= 0.6 is 11.9 Å². The van der Waals surface area contributed by atoms with E-state index >= 15 is 0 Å². The lowest BCUT2D eigenvalue weighted by atomic mass is 10.0. The second-order valence-corrected chi connectivity index (χ2v) is 9.39. The van der Waals surface area contributed by atoms with Gasteiger partial charge < -0.3 is 14.5 Å². The lowest BCUT2D eigenvalue weighted by Gasteiger charge is -2.30. The Balaban J connectivity index is 1.31. The second kappa shape index (κ2) is 10.2. The Bertz CT molecular complexity index is 893. The molecule has 6 nitrogen and oxygen atoms in total. The summed E-state index contributed by atoms with van der Waals surface area (Å²) >= 11 is 1.65. The van der Waals surface area contributed by atoms with Crippen LogP contribution < -0.4 is 10.8 Å². The monoisotopic (exact) mass is 438 g/mol. The Kier molecular flexibility index (Phi) is 7.17. The lowest BCUT2D eigenvalue weighted by molar-refractivity contribution is -0.132. The molecule has 1 fully saturated rings. The molecule has 7 heteroatoms. The van der Waals surface area contributed by atoms with Crippen molar-refractivity contribution in [3.63, 3.8) is 0 Å². The van der Waals surface area contributed by atoms with Gasteiger partial charge in [0, 0.05) is 29.4 Å². The van der Waals surface area contributed by atoms with E-state index in [9.17, 15) is 4.79 Å². The number of hydrogen-bond acceptors (Lipinski definition) is 6. The predicted octanol–water partition coefficient (Wildman–Crippen LogP) is 4.21. The van der Waals surface area contributed by atoms with Crippen molar-refractivity contribution in [3.05, 3.63) is 60.8 Å². The van der Waals surface area contributed by atoms with Crippen molar-refractivity contribution in [1.82, 2.24) is 14.7 Å². The SMILES string of the molecule is CN1CCC(Nc2ccc(-c3ccc(SN4C=CC(C(=O)NO)CC4)cc3)cc2)CC1. The average molecular weight is 439 g/mol. The van der Waals surface area contributed by atoms with Gasteiger partial charge in [0.2, 0.25) is 5.91 Å². The molecular formula is C24H30N4O2S. The predicted molar refractivity (Wildman–Crippen MR) is 126 cm³/mol. The lowest BCUT2D eigenvalue weighted by Crippen LogP contribution is -2.36. The van der Waals surface area contributed by atoms with Crippen LogP contribution in [0.3, 0.4) is 0 Å². The molecule has 2 aromatic carbocycles. The van der Waals surface area contributed by atoms with E-state index in [0.29, 0.717) is 12.5 Å². The molecule has 0 spiro atoms. The first-order valence-corrected chi connectivity index (χ1v) is 11.6. The molecule has 0 bridgehead atoms. The summed E-state index contributed by atoms with van der Waals surface area (Å²) in [5.74, 6) is -0.612. The minimum Gasteiger partial charge on any atom is -0.382 e. The number of likely N-dealkylation sites (tertiary alicyclic amines) is 1. The zero-order chi connectivity index (χ0) is 21.6. The summed E-state index contributed by atoms with van der Waals surface area (Å²) in [5, 5.41) is 12.4. The Morgan fingerprint density at radius 1 is 0.968 bits per heavy atom. The first-order chi connectivity index (χ1) is 15.1. The number of anilines is 1. The van der Waals surface area contributed by atoms with Crippen LogP contribution in [0.2, 0.25) is 0 Å². The number of amides is 1. The van der Waals surface area contributed by atoms with E-state index in [1.807, 2.05) is 12.3 Å². The van der Waals surface area contributed by atoms with Crippen molar-refractivity contribution in [2.24, 2.45) is 5.92 Å². The van der Waals surface area contributed by atoms with Crippen molar-refractivity contribution in [2.45, 2.75) is 30.2 Å². The molecule has 2 heterocycles. The minimum absolute atomic E-state index is 0.263. The molecule has 0 saturated carbocycles. The fraction of sp³-hybridized carbons (Fsp3) is 0.375. The van der Waals surface area contributed by atoms with Gasteiger partial charge in [-0.05, 0) is 86.7 Å². The molecule has 2 aliphatic heterocycles. The van der Waals surface area contributed by atoms with Crippen molar-refractivity contribution < 1.29 is 10.0 Å². The van der Waals surface area contributed by atoms with Gasteiger partial charge in [-0.25, -0.2) is 5.48 Å². The molecule has 1 saturated heterocycles. The number of hydroxylamine groups is 1. The smallest absolute Gasteiger partial charge is 0.250 e. The quantitative estimate of drug-likeness (QED) is 0.357. The summed E-state index contributed by atoms with van der Waals surface area (Å²) in [6.07, 6.45) is 6.82. The molecule has 3 N–H and O–H groups in total. The van der Waals surface area contributed by atoms with Gasteiger partial charge >= 0.3 is 0 Å². The Morgan fingerprint density at radius 3 is 2.19 bits per heavy atom. The molecule has 0 radical (unpaired) electrons. The van der Waals surface area contributed by atoms with Crippen molar-refractivity contribution in [3.8, 4) is 11.1 Å². The normalized spacial score (nSPS) is 19.9. The molecule has 1 atom stereocenters. The molecule has 2 aliphatic rings. The van der Waals surface area contributed by atoms with Gasteiger partial charge in [-0.15, -0.1) is 0 Å². The van der Waals surface area contributed by atoms with E-state index in [2.05, 4.69) is 70.1 Å². The zero-order valence-electron chi connectivity index (χ0n) is 17.8. The molecule has 0 aliphatic carbocycles. The largest absolute Gasteiger partial charge is 0.382 e. The van der Waals surface area contributed by atoms with Gasteiger partial charge in [0.05, 0.1) is 5.92 Å². The highest BCUT2D eigenvalue weighted by Crippen LogP contribution is 2.30. The Labute approximate surface area is 188 Å². The molecule has 164 valence electrons. The van der Waals surface area contributed by atoms with Crippen LogP contribution in [0, 0.1) is 5.92 Å². The van der Waals surface area contributed by atoms with Crippen molar-refractivity contribution in [2.75, 3.05) is 32.0 Å². The summed E-state index contributed by atoms with van der Waals surface area (Å²) in [7, 11) is 2.19. The summed E-state index contributed by atoms with van der Waals surface area (Å²) in [4.78, 5) is 15.0. The second-order valence-electron chi connectivity index (χ2n) is 8.27. The van der Waals surface area contributed by atoms with Crippen LogP contribution in [-0.4, -0.2) is 53.0 Å². The van der Waals surface area contributed by atoms with E-state index in [1.165, 1.54) is 29.7 Å². The fourth-order valence-electron chi connectivity index (χ4n) is 4.01. The summed E-state index contributed by atoms with van der Waals surface area (Å²) in [6, 6.07) is 17.8. The molecule has 0 aromatic heterocycles. The maximum atomic E-state index is 11.5. The summed E-state index contributed by atoms with van der Waals surface area (Å²) in [6.45, 7) is 3.07. The number of carbonyl (C=O) groups is 1. The van der Waals surface area contributed by atoms with Gasteiger partial charge in [-0.2, -0.15) is 0 Å². The molecule has 1 amide bonds. The zero-order valence-corrected chi connectivity index (χ0v) is 18.6. The van der Waals surface area contributed by atoms with Gasteiger partial charge in [0.1, 0.15) is 0 Å². The van der Waals surface area contributed by atoms with Crippen molar-refractivity contribution >= 4 is 23.5 Å². The minimum atomic E-state index is -0.349. The third-order valence-corrected chi connectivity index (χ3v) is 7.00. The molecule has 31 heavy (non-hydrogen) atoms. The number of hydrogen-bond donors (Lipinski definition) is 3. The standard InChI is InChI=1S/C24H30N4O2S/c1-27-14-12-22(13-15-27)25-21-6-2-18(3-7-21)19-4-8-23(9-5-19)31-28-16-10-20(11-17-28)24(29)26-30/h2-10,16,20,22,25,30H,11-15,17H2,1H3,(H,26,29). The maximum Gasteiger partial charge on any atom is 0.250 e. The summed E-state index contributed by atoms with van der Waals surface area (Å²) in [5.41, 5.74) is 5.32. The maximum absolute atomic E-state index is 11.5. The first kappa shape index (κ1) is 21.7. The number of benzene rings is 2. The number of nitrogens with zero attached hydrogens (tertiary/aromatic N) is 2. The third-order valence-electron chi connectivity index (χ3n) is 5.98. The van der Waals surface area contributed by atoms with Crippen LogP contribution in [0.25, 0.3) is 11.1 Å². The van der Waals surface area contributed by atoms with Gasteiger partial charge in [-0.1, -0.05) is 30.3 Å². The van der Waals surface area contributed by atoms with Crippen molar-refractivity contribution in [1.29, 1.82) is 0 Å². The fourth-order valence-corrected chi connectivity index (χ4v) is 4.86. The highest BCUT2D eigenvalue weighted by molar-refractivity contribution is 7.97. The first-order valence-electron chi connectivity index (χ1n) is 10.8. The highest BCUT2D eigenvalue weighted by Gasteiger charge is 2.20. The van der Waals surface area contributed by atoms with Crippen LogP contribution in [0.15, 0.2) is 65.7 Å². The molecule has 4 rings (SSSR count). The van der Waals surface area contributed by atoms with E-state index in [-0.39, 0.29) is 11.8 Å². The third kappa shape index (κ3) is 5.81. The van der Waals surface area contributed by atoms with Gasteiger partial charge in [0.15, 0.2) is 0 Å². The highest BCUT2D eigenvalue weighted by atomic mass is 32.2. The van der Waals surface area contributed by atoms with Crippen LogP contribution in [0.1, 0.15) is 19.3 Å². The van der Waals surface area contributed by atoms with E-state index in [1.54, 1.807) is 17.4 Å². The number of carbonyl (C=O) groups excluding carboxylic acids is 1. The van der Waals surface area contributed by atoms with Crippen LogP contribution in [0.5, 0.6) is 0 Å². The molecule has 2 aromatic rings. The number of rotatable bonds is 6. The van der Waals surface area contributed by atoms with E-state index in [4.69, 9.17) is 5.21 Å². The Hall–Kier alpha value is -2.48.